The third kappa shape index (κ3) is 2.47. The number of hydrogen-bond donors (Lipinski definition) is 1. The summed E-state index contributed by atoms with van der Waals surface area (Å²) in [5.41, 5.74) is -1.64. The van der Waals surface area contributed by atoms with Gasteiger partial charge in [-0.05, 0) is 25.1 Å². The summed E-state index contributed by atoms with van der Waals surface area (Å²) in [4.78, 5) is 11.8. The Hall–Kier alpha value is -2.24. The molecule has 1 heterocycles. The van der Waals surface area contributed by atoms with Crippen molar-refractivity contribution in [2.24, 2.45) is 0 Å². The fraction of sp³-hybridized carbons (Fsp3) is 0.154. The van der Waals surface area contributed by atoms with E-state index in [4.69, 9.17) is 0 Å². The molecule has 3 nitrogen and oxygen atoms in total. The van der Waals surface area contributed by atoms with Gasteiger partial charge in [0.25, 0.3) is 5.56 Å². The largest absolute Gasteiger partial charge is 0.508 e. The molecule has 0 aliphatic carbocycles. The molecule has 6 heteroatoms. The number of aryl methyl sites for hydroxylation is 1. The third-order valence-corrected chi connectivity index (χ3v) is 2.65. The first-order valence-electron chi connectivity index (χ1n) is 5.40. The van der Waals surface area contributed by atoms with Crippen molar-refractivity contribution in [3.8, 4) is 11.4 Å². The number of aromatic nitrogens is 1. The van der Waals surface area contributed by atoms with Crippen LogP contribution >= 0.6 is 0 Å². The van der Waals surface area contributed by atoms with Crippen LogP contribution in [0.3, 0.4) is 0 Å². The van der Waals surface area contributed by atoms with Crippen LogP contribution in [0.2, 0.25) is 0 Å². The summed E-state index contributed by atoms with van der Waals surface area (Å²) in [5, 5.41) is 9.26. The fourth-order valence-corrected chi connectivity index (χ4v) is 1.90. The fourth-order valence-electron chi connectivity index (χ4n) is 1.90. The SMILES string of the molecule is Cc1cc(O)cc(=O)n1-c1ccccc1C(F)(F)F. The topological polar surface area (TPSA) is 42.2 Å². The molecule has 0 unspecified atom stereocenters. The molecular weight excluding hydrogens is 259 g/mol. The van der Waals surface area contributed by atoms with Gasteiger partial charge >= 0.3 is 6.18 Å². The van der Waals surface area contributed by atoms with Crippen LogP contribution in [0.5, 0.6) is 5.75 Å². The van der Waals surface area contributed by atoms with Crippen molar-refractivity contribution < 1.29 is 18.3 Å². The number of aromatic hydroxyl groups is 1. The molecular formula is C13H10F3NO2. The molecule has 1 aromatic heterocycles. The molecule has 0 saturated carbocycles. The molecule has 0 aliphatic heterocycles. The second-order valence-electron chi connectivity index (χ2n) is 4.04. The first kappa shape index (κ1) is 13.2. The number of halogens is 3. The highest BCUT2D eigenvalue weighted by Gasteiger charge is 2.34. The summed E-state index contributed by atoms with van der Waals surface area (Å²) in [7, 11) is 0. The number of pyridine rings is 1. The summed E-state index contributed by atoms with van der Waals surface area (Å²) in [6.07, 6.45) is -4.56. The first-order valence-corrected chi connectivity index (χ1v) is 5.40. The predicted molar refractivity (Wildman–Crippen MR) is 63.4 cm³/mol. The molecule has 0 amide bonds. The van der Waals surface area contributed by atoms with Crippen molar-refractivity contribution in [3.63, 3.8) is 0 Å². The Morgan fingerprint density at radius 2 is 1.79 bits per heavy atom. The van der Waals surface area contributed by atoms with Gasteiger partial charge in [-0.3, -0.25) is 9.36 Å². The molecule has 0 aliphatic rings. The molecule has 0 atom stereocenters. The maximum Gasteiger partial charge on any atom is 0.418 e. The molecule has 1 aromatic carbocycles. The van der Waals surface area contributed by atoms with Crippen LogP contribution < -0.4 is 5.56 Å². The van der Waals surface area contributed by atoms with E-state index in [-0.39, 0.29) is 17.1 Å². The van der Waals surface area contributed by atoms with Crippen LogP contribution in [0.4, 0.5) is 13.2 Å². The molecule has 0 fully saturated rings. The molecule has 0 spiro atoms. The minimum absolute atomic E-state index is 0.224. The Morgan fingerprint density at radius 1 is 1.16 bits per heavy atom. The smallest absolute Gasteiger partial charge is 0.418 e. The Kier molecular flexibility index (Phi) is 3.09. The van der Waals surface area contributed by atoms with Gasteiger partial charge in [-0.25, -0.2) is 0 Å². The van der Waals surface area contributed by atoms with Gasteiger partial charge in [0.2, 0.25) is 0 Å². The van der Waals surface area contributed by atoms with Crippen molar-refractivity contribution >= 4 is 0 Å². The molecule has 2 rings (SSSR count). The van der Waals surface area contributed by atoms with Gasteiger partial charge in [-0.2, -0.15) is 13.2 Å². The van der Waals surface area contributed by atoms with Gasteiger partial charge in [0.05, 0.1) is 11.3 Å². The van der Waals surface area contributed by atoms with Crippen LogP contribution in [0, 0.1) is 6.92 Å². The lowest BCUT2D eigenvalue weighted by Gasteiger charge is -2.16. The van der Waals surface area contributed by atoms with E-state index in [1.54, 1.807) is 0 Å². The Balaban J connectivity index is 2.78. The first-order chi connectivity index (χ1) is 8.80. The second-order valence-corrected chi connectivity index (χ2v) is 4.04. The molecule has 0 radical (unpaired) electrons. The van der Waals surface area contributed by atoms with E-state index >= 15 is 0 Å². The van der Waals surface area contributed by atoms with E-state index in [1.165, 1.54) is 31.2 Å². The van der Waals surface area contributed by atoms with Crippen molar-refractivity contribution in [1.82, 2.24) is 4.57 Å². The molecule has 0 saturated heterocycles. The zero-order chi connectivity index (χ0) is 14.2. The average Bonchev–Trinajstić information content (AvgIpc) is 2.26. The van der Waals surface area contributed by atoms with Crippen molar-refractivity contribution in [3.05, 3.63) is 58.0 Å². The van der Waals surface area contributed by atoms with Gasteiger partial charge in [0.15, 0.2) is 0 Å². The van der Waals surface area contributed by atoms with Crippen LogP contribution in [0.25, 0.3) is 5.69 Å². The minimum atomic E-state index is -4.56. The highest BCUT2D eigenvalue weighted by Crippen LogP contribution is 2.33. The Bertz CT molecular complexity index is 674. The summed E-state index contributed by atoms with van der Waals surface area (Å²) in [6.45, 7) is 1.45. The van der Waals surface area contributed by atoms with E-state index in [9.17, 15) is 23.1 Å². The highest BCUT2D eigenvalue weighted by atomic mass is 19.4. The number of hydrogen-bond acceptors (Lipinski definition) is 2. The number of alkyl halides is 3. The van der Waals surface area contributed by atoms with E-state index < -0.39 is 17.3 Å². The number of nitrogens with zero attached hydrogens (tertiary/aromatic N) is 1. The van der Waals surface area contributed by atoms with E-state index in [2.05, 4.69) is 0 Å². The lowest BCUT2D eigenvalue weighted by molar-refractivity contribution is -0.137. The monoisotopic (exact) mass is 269 g/mol. The van der Waals surface area contributed by atoms with Gasteiger partial charge < -0.3 is 5.11 Å². The lowest BCUT2D eigenvalue weighted by Crippen LogP contribution is -2.22. The Morgan fingerprint density at radius 3 is 2.37 bits per heavy atom. The number of para-hydroxylation sites is 1. The van der Waals surface area contributed by atoms with E-state index in [0.717, 1.165) is 16.7 Å². The van der Waals surface area contributed by atoms with Crippen LogP contribution in [0.1, 0.15) is 11.3 Å². The van der Waals surface area contributed by atoms with E-state index in [0.29, 0.717) is 0 Å². The minimum Gasteiger partial charge on any atom is -0.508 e. The maximum atomic E-state index is 12.9. The van der Waals surface area contributed by atoms with Gasteiger partial charge in [-0.15, -0.1) is 0 Å². The van der Waals surface area contributed by atoms with E-state index in [1.807, 2.05) is 0 Å². The molecule has 19 heavy (non-hydrogen) atoms. The highest BCUT2D eigenvalue weighted by molar-refractivity contribution is 5.45. The van der Waals surface area contributed by atoms with Gasteiger partial charge in [-0.1, -0.05) is 12.1 Å². The molecule has 100 valence electrons. The Labute approximate surface area is 106 Å². The molecule has 0 bridgehead atoms. The number of rotatable bonds is 1. The third-order valence-electron chi connectivity index (χ3n) is 2.65. The van der Waals surface area contributed by atoms with Crippen LogP contribution in [-0.2, 0) is 6.18 Å². The molecule has 1 N–H and O–H groups in total. The number of benzene rings is 1. The summed E-state index contributed by atoms with van der Waals surface area (Å²) < 4.78 is 39.7. The predicted octanol–water partition coefficient (Wildman–Crippen LogP) is 2.87. The normalized spacial score (nSPS) is 11.6. The quantitative estimate of drug-likeness (QED) is 0.865. The van der Waals surface area contributed by atoms with Crippen LogP contribution in [-0.4, -0.2) is 9.67 Å². The standard InChI is InChI=1S/C13H10F3NO2/c1-8-6-9(18)7-12(19)17(8)11-5-3-2-4-10(11)13(14,15)16/h2-7,18H,1H3. The van der Waals surface area contributed by atoms with Crippen LogP contribution in [0.15, 0.2) is 41.2 Å². The van der Waals surface area contributed by atoms with Crippen molar-refractivity contribution in [1.29, 1.82) is 0 Å². The second kappa shape index (κ2) is 4.46. The summed E-state index contributed by atoms with van der Waals surface area (Å²) in [6, 6.07) is 6.91. The zero-order valence-corrected chi connectivity index (χ0v) is 9.90. The lowest BCUT2D eigenvalue weighted by atomic mass is 10.1. The summed E-state index contributed by atoms with van der Waals surface area (Å²) >= 11 is 0. The average molecular weight is 269 g/mol. The zero-order valence-electron chi connectivity index (χ0n) is 9.90. The van der Waals surface area contributed by atoms with Gasteiger partial charge in [0, 0.05) is 11.8 Å². The molecule has 2 aromatic rings. The summed E-state index contributed by atoms with van der Waals surface area (Å²) in [5.74, 6) is -0.275. The van der Waals surface area contributed by atoms with Gasteiger partial charge in [0.1, 0.15) is 5.75 Å². The maximum absolute atomic E-state index is 12.9. The van der Waals surface area contributed by atoms with Crippen molar-refractivity contribution in [2.75, 3.05) is 0 Å². The van der Waals surface area contributed by atoms with Crippen molar-refractivity contribution in [2.45, 2.75) is 13.1 Å².